The number of nitrogens with one attached hydrogen (secondary N) is 1. The molecule has 0 spiro atoms. The van der Waals surface area contributed by atoms with E-state index >= 15 is 0 Å². The molecule has 4 rings (SSSR count). The number of aromatic nitrogens is 3. The van der Waals surface area contributed by atoms with Crippen molar-refractivity contribution >= 4 is 28.1 Å². The smallest absolute Gasteiger partial charge is 0.307 e. The summed E-state index contributed by atoms with van der Waals surface area (Å²) in [7, 11) is 1.36. The summed E-state index contributed by atoms with van der Waals surface area (Å²) in [6.07, 6.45) is 1.59. The number of nitrogens with zero attached hydrogens (tertiary/aromatic N) is 4. The Morgan fingerprint density at radius 2 is 2.00 bits per heavy atom. The minimum Gasteiger partial charge on any atom is -0.494 e. The van der Waals surface area contributed by atoms with Gasteiger partial charge in [0.05, 0.1) is 34.6 Å². The minimum absolute atomic E-state index is 0.126. The Morgan fingerprint density at radius 3 is 2.76 bits per heavy atom. The highest BCUT2D eigenvalue weighted by Crippen LogP contribution is 2.34. The Kier molecular flexibility index (Phi) is 4.55. The van der Waals surface area contributed by atoms with Gasteiger partial charge < -0.3 is 10.1 Å². The van der Waals surface area contributed by atoms with Crippen LogP contribution >= 0.6 is 0 Å². The summed E-state index contributed by atoms with van der Waals surface area (Å²) in [6, 6.07) is 13.4. The number of pyridine rings is 1. The van der Waals surface area contributed by atoms with Crippen molar-refractivity contribution in [2.45, 2.75) is 6.92 Å². The third-order valence-corrected chi connectivity index (χ3v) is 4.49. The van der Waals surface area contributed by atoms with E-state index in [0.717, 1.165) is 34.4 Å². The molecule has 0 unspecified atom stereocenters. The van der Waals surface area contributed by atoms with Gasteiger partial charge in [-0.2, -0.15) is 9.49 Å². The molecular weight excluding hydrogens is 377 g/mol. The fourth-order valence-corrected chi connectivity index (χ4v) is 3.13. The number of fused-ring (bicyclic) bond motifs is 1. The van der Waals surface area contributed by atoms with Crippen molar-refractivity contribution in [3.05, 3.63) is 76.4 Å². The van der Waals surface area contributed by atoms with Gasteiger partial charge in [0.1, 0.15) is 11.6 Å². The number of nitro groups is 1. The SMILES string of the molecule is COc1cc(F)c([N+](=O)[O-])cc1Nc1cc(-n2nc(C)c3ccccc32)ccn1. The lowest BCUT2D eigenvalue weighted by atomic mass is 10.2. The first-order valence-electron chi connectivity index (χ1n) is 8.67. The molecule has 29 heavy (non-hydrogen) atoms. The summed E-state index contributed by atoms with van der Waals surface area (Å²) in [5.74, 6) is -0.447. The van der Waals surface area contributed by atoms with Crippen LogP contribution in [0.1, 0.15) is 5.69 Å². The number of aryl methyl sites for hydroxylation is 1. The third kappa shape index (κ3) is 3.33. The summed E-state index contributed by atoms with van der Waals surface area (Å²) >= 11 is 0. The Hall–Kier alpha value is -4.01. The number of hydrogen-bond donors (Lipinski definition) is 1. The van der Waals surface area contributed by atoms with Crippen LogP contribution in [0.5, 0.6) is 5.75 Å². The zero-order chi connectivity index (χ0) is 20.5. The van der Waals surface area contributed by atoms with Crippen molar-refractivity contribution in [3.63, 3.8) is 0 Å². The number of halogens is 1. The monoisotopic (exact) mass is 393 g/mol. The summed E-state index contributed by atoms with van der Waals surface area (Å²) in [6.45, 7) is 1.93. The predicted octanol–water partition coefficient (Wildman–Crippen LogP) is 4.53. The van der Waals surface area contributed by atoms with Crippen LogP contribution < -0.4 is 10.1 Å². The lowest BCUT2D eigenvalue weighted by Crippen LogP contribution is -2.02. The molecule has 0 atom stereocenters. The second kappa shape index (κ2) is 7.19. The molecule has 2 heterocycles. The van der Waals surface area contributed by atoms with Gasteiger partial charge in [0, 0.05) is 29.8 Å². The van der Waals surface area contributed by atoms with E-state index in [1.165, 1.54) is 7.11 Å². The fourth-order valence-electron chi connectivity index (χ4n) is 3.13. The first-order valence-corrected chi connectivity index (χ1v) is 8.67. The summed E-state index contributed by atoms with van der Waals surface area (Å²) in [5.41, 5.74) is 2.16. The predicted molar refractivity (Wildman–Crippen MR) is 106 cm³/mol. The highest BCUT2D eigenvalue weighted by Gasteiger charge is 2.19. The second-order valence-electron chi connectivity index (χ2n) is 6.30. The number of rotatable bonds is 5. The van der Waals surface area contributed by atoms with Gasteiger partial charge in [-0.05, 0) is 19.1 Å². The van der Waals surface area contributed by atoms with Crippen LogP contribution in [0.3, 0.4) is 0 Å². The van der Waals surface area contributed by atoms with Crippen LogP contribution in [0, 0.1) is 22.9 Å². The number of hydrogen-bond acceptors (Lipinski definition) is 6. The number of ether oxygens (including phenoxy) is 1. The zero-order valence-electron chi connectivity index (χ0n) is 15.6. The van der Waals surface area contributed by atoms with E-state index in [-0.39, 0.29) is 11.4 Å². The molecule has 0 aliphatic carbocycles. The van der Waals surface area contributed by atoms with E-state index in [9.17, 15) is 14.5 Å². The maximum atomic E-state index is 13.9. The average Bonchev–Trinajstić information content (AvgIpc) is 3.06. The Balaban J connectivity index is 1.75. The van der Waals surface area contributed by atoms with Gasteiger partial charge in [-0.3, -0.25) is 10.1 Å². The lowest BCUT2D eigenvalue weighted by molar-refractivity contribution is -0.387. The molecule has 0 aliphatic heterocycles. The molecule has 0 radical (unpaired) electrons. The Bertz CT molecular complexity index is 1240. The molecule has 0 amide bonds. The highest BCUT2D eigenvalue weighted by atomic mass is 19.1. The van der Waals surface area contributed by atoms with Crippen molar-refractivity contribution in [2.75, 3.05) is 12.4 Å². The molecule has 0 saturated heterocycles. The van der Waals surface area contributed by atoms with E-state index in [4.69, 9.17) is 4.74 Å². The second-order valence-corrected chi connectivity index (χ2v) is 6.30. The molecule has 146 valence electrons. The molecule has 1 N–H and O–H groups in total. The molecule has 9 heteroatoms. The van der Waals surface area contributed by atoms with E-state index < -0.39 is 16.4 Å². The van der Waals surface area contributed by atoms with Crippen molar-refractivity contribution in [1.29, 1.82) is 0 Å². The van der Waals surface area contributed by atoms with Crippen molar-refractivity contribution < 1.29 is 14.1 Å². The first kappa shape index (κ1) is 18.4. The summed E-state index contributed by atoms with van der Waals surface area (Å²) in [5, 5.41) is 19.6. The topological polar surface area (TPSA) is 95.1 Å². The highest BCUT2D eigenvalue weighted by molar-refractivity contribution is 5.83. The van der Waals surface area contributed by atoms with E-state index in [0.29, 0.717) is 5.82 Å². The maximum Gasteiger partial charge on any atom is 0.307 e. The van der Waals surface area contributed by atoms with Gasteiger partial charge in [0.15, 0.2) is 0 Å². The number of nitro benzene ring substituents is 1. The lowest BCUT2D eigenvalue weighted by Gasteiger charge is -2.12. The van der Waals surface area contributed by atoms with Gasteiger partial charge in [-0.25, -0.2) is 9.67 Å². The van der Waals surface area contributed by atoms with Crippen LogP contribution in [0.25, 0.3) is 16.6 Å². The normalized spacial score (nSPS) is 10.9. The number of benzene rings is 2. The summed E-state index contributed by atoms with van der Waals surface area (Å²) < 4.78 is 20.8. The van der Waals surface area contributed by atoms with Crippen LogP contribution in [0.4, 0.5) is 21.6 Å². The van der Waals surface area contributed by atoms with Crippen LogP contribution in [-0.2, 0) is 0 Å². The Labute approximate surface area is 164 Å². The van der Waals surface area contributed by atoms with Crippen molar-refractivity contribution in [2.24, 2.45) is 0 Å². The van der Waals surface area contributed by atoms with Gasteiger partial charge in [0.25, 0.3) is 0 Å². The number of para-hydroxylation sites is 1. The first-order chi connectivity index (χ1) is 14.0. The number of methoxy groups -OCH3 is 1. The van der Waals surface area contributed by atoms with Gasteiger partial charge in [0.2, 0.25) is 5.82 Å². The molecule has 0 aliphatic rings. The van der Waals surface area contributed by atoms with Gasteiger partial charge >= 0.3 is 5.69 Å². The zero-order valence-corrected chi connectivity index (χ0v) is 15.6. The van der Waals surface area contributed by atoms with E-state index in [2.05, 4.69) is 15.4 Å². The maximum absolute atomic E-state index is 13.9. The number of anilines is 2. The van der Waals surface area contributed by atoms with E-state index in [1.54, 1.807) is 23.0 Å². The molecule has 0 saturated carbocycles. The fraction of sp³-hybridized carbons (Fsp3) is 0.100. The summed E-state index contributed by atoms with van der Waals surface area (Å²) in [4.78, 5) is 14.5. The molecule has 2 aromatic heterocycles. The van der Waals surface area contributed by atoms with Gasteiger partial charge in [-0.1, -0.05) is 18.2 Å². The van der Waals surface area contributed by atoms with E-state index in [1.807, 2.05) is 31.2 Å². The van der Waals surface area contributed by atoms with Crippen molar-refractivity contribution in [1.82, 2.24) is 14.8 Å². The van der Waals surface area contributed by atoms with Gasteiger partial charge in [-0.15, -0.1) is 0 Å². The third-order valence-electron chi connectivity index (χ3n) is 4.49. The van der Waals surface area contributed by atoms with Crippen LogP contribution in [0.2, 0.25) is 0 Å². The largest absolute Gasteiger partial charge is 0.494 e. The average molecular weight is 393 g/mol. The standard InChI is InChI=1S/C20H16FN5O3/c1-12-14-5-3-4-6-17(14)25(24-12)13-7-8-22-20(9-13)23-16-11-18(26(27)28)15(21)10-19(16)29-2/h3-11H,1-2H3,(H,22,23). The quantitative estimate of drug-likeness (QED) is 0.395. The molecule has 8 nitrogen and oxygen atoms in total. The minimum atomic E-state index is -0.974. The Morgan fingerprint density at radius 1 is 1.21 bits per heavy atom. The van der Waals surface area contributed by atoms with Crippen LogP contribution in [0.15, 0.2) is 54.7 Å². The molecule has 0 bridgehead atoms. The molecule has 2 aromatic carbocycles. The van der Waals surface area contributed by atoms with Crippen LogP contribution in [-0.4, -0.2) is 26.8 Å². The van der Waals surface area contributed by atoms with Crippen molar-refractivity contribution in [3.8, 4) is 11.4 Å². The molecular formula is C20H16FN5O3. The molecule has 4 aromatic rings. The molecule has 0 fully saturated rings.